The zero-order valence-electron chi connectivity index (χ0n) is 11.4. The lowest BCUT2D eigenvalue weighted by Gasteiger charge is -2.05. The van der Waals surface area contributed by atoms with E-state index in [1.54, 1.807) is 0 Å². The van der Waals surface area contributed by atoms with Crippen LogP contribution in [0.3, 0.4) is 0 Å². The van der Waals surface area contributed by atoms with Gasteiger partial charge in [-0.15, -0.1) is 0 Å². The Kier molecular flexibility index (Phi) is 8.46. The van der Waals surface area contributed by atoms with Crippen molar-refractivity contribution in [1.29, 1.82) is 0 Å². The third-order valence-electron chi connectivity index (χ3n) is 2.60. The van der Waals surface area contributed by atoms with Crippen molar-refractivity contribution in [2.45, 2.75) is 37.8 Å². The number of carbonyl (C=O) groups excluding carboxylic acids is 2. The molecule has 1 fully saturated rings. The number of rotatable bonds is 6. The highest BCUT2D eigenvalue weighted by Crippen LogP contribution is 2.05. The first-order valence-electron chi connectivity index (χ1n) is 6.28. The molecular weight excluding hydrogens is 284 g/mol. The molecule has 2 atom stereocenters. The molecule has 1 heterocycles. The Labute approximate surface area is 120 Å². The van der Waals surface area contributed by atoms with Gasteiger partial charge in [-0.1, -0.05) is 0 Å². The van der Waals surface area contributed by atoms with Crippen molar-refractivity contribution in [3.05, 3.63) is 0 Å². The summed E-state index contributed by atoms with van der Waals surface area (Å²) in [5.41, 5.74) is 9.96. The summed E-state index contributed by atoms with van der Waals surface area (Å²) in [6.07, 6.45) is 1.61. The Bertz CT molecular complexity index is 400. The summed E-state index contributed by atoms with van der Waals surface area (Å²) in [6.45, 7) is 0.357. The van der Waals surface area contributed by atoms with Gasteiger partial charge in [-0.05, 0) is 19.3 Å². The summed E-state index contributed by atoms with van der Waals surface area (Å²) in [6, 6.07) is -2.11. The molecular formula is C11H20N4O6. The number of carboxylic acids is 2. The summed E-state index contributed by atoms with van der Waals surface area (Å²) >= 11 is 0. The lowest BCUT2D eigenvalue weighted by molar-refractivity contribution is -0.140. The van der Waals surface area contributed by atoms with Crippen LogP contribution in [0.25, 0.3) is 0 Å². The van der Waals surface area contributed by atoms with Gasteiger partial charge in [0.2, 0.25) is 5.91 Å². The molecule has 21 heavy (non-hydrogen) atoms. The van der Waals surface area contributed by atoms with Crippen molar-refractivity contribution in [2.24, 2.45) is 11.5 Å². The monoisotopic (exact) mass is 304 g/mol. The summed E-state index contributed by atoms with van der Waals surface area (Å²) in [5, 5.41) is 21.3. The topological polar surface area (TPSA) is 185 Å². The van der Waals surface area contributed by atoms with Crippen LogP contribution < -0.4 is 22.1 Å². The van der Waals surface area contributed by atoms with Crippen LogP contribution in [0.2, 0.25) is 0 Å². The van der Waals surface area contributed by atoms with Crippen LogP contribution in [0.15, 0.2) is 0 Å². The Morgan fingerprint density at radius 3 is 2.33 bits per heavy atom. The van der Waals surface area contributed by atoms with Gasteiger partial charge in [0.15, 0.2) is 0 Å². The molecule has 0 aromatic carbocycles. The van der Waals surface area contributed by atoms with Crippen LogP contribution in [-0.2, 0) is 14.4 Å². The highest BCUT2D eigenvalue weighted by atomic mass is 16.4. The minimum Gasteiger partial charge on any atom is -0.480 e. The average Bonchev–Trinajstić information content (AvgIpc) is 2.81. The van der Waals surface area contributed by atoms with E-state index in [9.17, 15) is 19.2 Å². The Morgan fingerprint density at radius 2 is 2.00 bits per heavy atom. The molecule has 0 unspecified atom stereocenters. The van der Waals surface area contributed by atoms with Gasteiger partial charge in [0.05, 0.1) is 0 Å². The Morgan fingerprint density at radius 1 is 1.38 bits per heavy atom. The number of urea groups is 1. The summed E-state index contributed by atoms with van der Waals surface area (Å²) in [7, 11) is 0. The Hall–Kier alpha value is -2.36. The van der Waals surface area contributed by atoms with Crippen LogP contribution in [0.5, 0.6) is 0 Å². The molecule has 120 valence electrons. The van der Waals surface area contributed by atoms with E-state index in [2.05, 4.69) is 10.6 Å². The molecule has 0 aromatic rings. The van der Waals surface area contributed by atoms with Gasteiger partial charge in [0.1, 0.15) is 12.1 Å². The molecule has 0 spiro atoms. The molecule has 0 aliphatic carbocycles. The second-order valence-electron chi connectivity index (χ2n) is 4.37. The molecule has 0 aromatic heterocycles. The minimum atomic E-state index is -1.03. The molecule has 1 rings (SSSR count). The smallest absolute Gasteiger partial charge is 0.326 e. The van der Waals surface area contributed by atoms with E-state index in [1.807, 2.05) is 0 Å². The van der Waals surface area contributed by atoms with E-state index in [0.717, 1.165) is 0 Å². The fourth-order valence-electron chi connectivity index (χ4n) is 1.46. The van der Waals surface area contributed by atoms with Gasteiger partial charge in [-0.3, -0.25) is 9.59 Å². The van der Waals surface area contributed by atoms with Gasteiger partial charge >= 0.3 is 18.0 Å². The fraction of sp³-hybridized carbons (Fsp3) is 0.636. The number of hydrogen-bond acceptors (Lipinski definition) is 5. The maximum atomic E-state index is 10.4. The van der Waals surface area contributed by atoms with Crippen LogP contribution in [0.4, 0.5) is 4.79 Å². The van der Waals surface area contributed by atoms with Crippen molar-refractivity contribution < 1.29 is 29.4 Å². The first-order valence-corrected chi connectivity index (χ1v) is 6.28. The summed E-state index contributed by atoms with van der Waals surface area (Å²) in [5.74, 6) is -2.14. The first kappa shape index (κ1) is 18.6. The zero-order chi connectivity index (χ0) is 16.4. The van der Waals surface area contributed by atoms with Gasteiger partial charge < -0.3 is 32.3 Å². The maximum Gasteiger partial charge on any atom is 0.326 e. The number of amides is 3. The molecule has 0 radical (unpaired) electrons. The second-order valence-corrected chi connectivity index (χ2v) is 4.37. The van der Waals surface area contributed by atoms with E-state index in [4.69, 9.17) is 21.7 Å². The molecule has 3 amide bonds. The van der Waals surface area contributed by atoms with Crippen molar-refractivity contribution in [3.63, 3.8) is 0 Å². The van der Waals surface area contributed by atoms with Crippen LogP contribution in [-0.4, -0.2) is 52.7 Å². The quantitative estimate of drug-likeness (QED) is 0.312. The highest BCUT2D eigenvalue weighted by molar-refractivity contribution is 5.87. The molecule has 1 aliphatic rings. The molecule has 0 bridgehead atoms. The predicted octanol–water partition coefficient (Wildman–Crippen LogP) is -1.80. The van der Waals surface area contributed by atoms with Crippen molar-refractivity contribution in [1.82, 2.24) is 10.6 Å². The van der Waals surface area contributed by atoms with E-state index >= 15 is 0 Å². The number of nitrogens with one attached hydrogen (secondary N) is 2. The predicted molar refractivity (Wildman–Crippen MR) is 71.2 cm³/mol. The standard InChI is InChI=1S/C6H13N3O3.C5H7NO3/c7-4(5(10)11)2-1-3-9-6(8)12;7-4-2-1-3(6-4)5(8)9/h4H,1-3,7H2,(H,10,11)(H3,8,9,12);3H,1-2H2,(H,6,7)(H,8,9)/t4-;3-/m00/s1. The maximum absolute atomic E-state index is 10.4. The average molecular weight is 304 g/mol. The zero-order valence-corrected chi connectivity index (χ0v) is 11.4. The van der Waals surface area contributed by atoms with E-state index in [1.165, 1.54) is 0 Å². The third-order valence-corrected chi connectivity index (χ3v) is 2.60. The Balaban J connectivity index is 0.000000394. The highest BCUT2D eigenvalue weighted by Gasteiger charge is 2.26. The van der Waals surface area contributed by atoms with Gasteiger partial charge in [0, 0.05) is 13.0 Å². The third kappa shape index (κ3) is 9.21. The van der Waals surface area contributed by atoms with Crippen molar-refractivity contribution in [2.75, 3.05) is 6.54 Å². The fourth-order valence-corrected chi connectivity index (χ4v) is 1.46. The van der Waals surface area contributed by atoms with Crippen LogP contribution in [0, 0.1) is 0 Å². The number of primary amides is 1. The molecule has 10 heteroatoms. The molecule has 0 saturated carbocycles. The SMILES string of the molecule is NC(=O)NCCC[C@H](N)C(=O)O.O=C1CC[C@@H](C(=O)O)N1. The summed E-state index contributed by atoms with van der Waals surface area (Å²) in [4.78, 5) is 40.8. The van der Waals surface area contributed by atoms with Crippen LogP contribution >= 0.6 is 0 Å². The number of aliphatic carboxylic acids is 2. The van der Waals surface area contributed by atoms with Gasteiger partial charge in [-0.25, -0.2) is 9.59 Å². The summed E-state index contributed by atoms with van der Waals surface area (Å²) < 4.78 is 0. The molecule has 8 N–H and O–H groups in total. The van der Waals surface area contributed by atoms with E-state index < -0.39 is 30.1 Å². The van der Waals surface area contributed by atoms with Crippen molar-refractivity contribution in [3.8, 4) is 0 Å². The van der Waals surface area contributed by atoms with Gasteiger partial charge in [0.25, 0.3) is 0 Å². The van der Waals surface area contributed by atoms with Crippen LogP contribution in [0.1, 0.15) is 25.7 Å². The van der Waals surface area contributed by atoms with Gasteiger partial charge in [-0.2, -0.15) is 0 Å². The lowest BCUT2D eigenvalue weighted by Crippen LogP contribution is -2.33. The van der Waals surface area contributed by atoms with E-state index in [0.29, 0.717) is 32.2 Å². The number of nitrogens with two attached hydrogens (primary N) is 2. The molecule has 1 saturated heterocycles. The lowest BCUT2D eigenvalue weighted by atomic mass is 10.2. The van der Waals surface area contributed by atoms with E-state index in [-0.39, 0.29) is 5.91 Å². The number of hydrogen-bond donors (Lipinski definition) is 6. The normalized spacial score (nSPS) is 18.0. The number of carboxylic acid groups (broad SMARTS) is 2. The van der Waals surface area contributed by atoms with Crippen molar-refractivity contribution >= 4 is 23.9 Å². The first-order chi connectivity index (χ1) is 9.73. The molecule has 1 aliphatic heterocycles. The largest absolute Gasteiger partial charge is 0.480 e. The minimum absolute atomic E-state index is 0.164. The molecule has 10 nitrogen and oxygen atoms in total. The second kappa shape index (κ2) is 9.53. The number of carbonyl (C=O) groups is 4.